The van der Waals surface area contributed by atoms with Crippen molar-refractivity contribution < 1.29 is 4.52 Å². The number of halogens is 1. The number of nitrogen functional groups attached to an aromatic ring is 1. The van der Waals surface area contributed by atoms with Gasteiger partial charge < -0.3 is 10.3 Å². The van der Waals surface area contributed by atoms with E-state index in [4.69, 9.17) is 21.9 Å². The van der Waals surface area contributed by atoms with Crippen LogP contribution >= 0.6 is 11.6 Å². The van der Waals surface area contributed by atoms with Gasteiger partial charge >= 0.3 is 0 Å². The molecule has 0 atom stereocenters. The minimum Gasteiger partial charge on any atom is -0.383 e. The summed E-state index contributed by atoms with van der Waals surface area (Å²) >= 11 is 5.82. The SMILES string of the molecule is Cc1nc(-c2c(N)ncnc2Cl)no1. The highest BCUT2D eigenvalue weighted by Gasteiger charge is 2.15. The Morgan fingerprint density at radius 1 is 1.43 bits per heavy atom. The lowest BCUT2D eigenvalue weighted by atomic mass is 10.3. The zero-order chi connectivity index (χ0) is 10.1. The van der Waals surface area contributed by atoms with Crippen molar-refractivity contribution in [2.24, 2.45) is 0 Å². The van der Waals surface area contributed by atoms with E-state index >= 15 is 0 Å². The largest absolute Gasteiger partial charge is 0.383 e. The van der Waals surface area contributed by atoms with E-state index in [0.717, 1.165) is 0 Å². The summed E-state index contributed by atoms with van der Waals surface area (Å²) in [7, 11) is 0. The normalized spacial score (nSPS) is 10.4. The van der Waals surface area contributed by atoms with Gasteiger partial charge in [-0.25, -0.2) is 9.97 Å². The minimum atomic E-state index is 0.207. The Morgan fingerprint density at radius 3 is 2.79 bits per heavy atom. The summed E-state index contributed by atoms with van der Waals surface area (Å²) in [6.07, 6.45) is 1.27. The van der Waals surface area contributed by atoms with Crippen molar-refractivity contribution in [1.29, 1.82) is 0 Å². The molecule has 0 aliphatic rings. The molecule has 6 nitrogen and oxygen atoms in total. The highest BCUT2D eigenvalue weighted by molar-refractivity contribution is 6.32. The van der Waals surface area contributed by atoms with Crippen molar-refractivity contribution >= 4 is 17.4 Å². The second-order valence-electron chi connectivity index (χ2n) is 2.56. The van der Waals surface area contributed by atoms with E-state index < -0.39 is 0 Å². The molecule has 7 heteroatoms. The molecule has 0 amide bonds. The fourth-order valence-electron chi connectivity index (χ4n) is 0.984. The monoisotopic (exact) mass is 211 g/mol. The van der Waals surface area contributed by atoms with Crippen LogP contribution in [0.15, 0.2) is 10.9 Å². The summed E-state index contributed by atoms with van der Waals surface area (Å²) in [6, 6.07) is 0. The van der Waals surface area contributed by atoms with Crippen LogP contribution in [-0.4, -0.2) is 20.1 Å². The molecule has 72 valence electrons. The van der Waals surface area contributed by atoms with Crippen molar-refractivity contribution in [3.63, 3.8) is 0 Å². The number of nitrogens with zero attached hydrogens (tertiary/aromatic N) is 4. The van der Waals surface area contributed by atoms with E-state index in [2.05, 4.69) is 20.1 Å². The van der Waals surface area contributed by atoms with Crippen LogP contribution in [0.3, 0.4) is 0 Å². The van der Waals surface area contributed by atoms with Gasteiger partial charge in [0, 0.05) is 6.92 Å². The van der Waals surface area contributed by atoms with Gasteiger partial charge in [-0.05, 0) is 0 Å². The van der Waals surface area contributed by atoms with Crippen LogP contribution in [0.25, 0.3) is 11.4 Å². The standard InChI is InChI=1S/C7H6ClN5O/c1-3-12-7(13-14-3)4-5(8)10-2-11-6(4)9/h2H,1H3,(H2,9,10,11). The molecule has 14 heavy (non-hydrogen) atoms. The highest BCUT2D eigenvalue weighted by atomic mass is 35.5. The van der Waals surface area contributed by atoms with E-state index in [1.54, 1.807) is 6.92 Å². The second-order valence-corrected chi connectivity index (χ2v) is 2.92. The van der Waals surface area contributed by atoms with Crippen LogP contribution < -0.4 is 5.73 Å². The molecule has 0 bridgehead atoms. The first-order chi connectivity index (χ1) is 6.68. The molecule has 2 N–H and O–H groups in total. The Bertz CT molecular complexity index is 449. The smallest absolute Gasteiger partial charge is 0.223 e. The molecular formula is C7H6ClN5O. The van der Waals surface area contributed by atoms with Crippen LogP contribution in [0.5, 0.6) is 0 Å². The first-order valence-electron chi connectivity index (χ1n) is 3.75. The van der Waals surface area contributed by atoms with Crippen LogP contribution in [0, 0.1) is 6.92 Å². The number of anilines is 1. The van der Waals surface area contributed by atoms with Gasteiger partial charge in [-0.2, -0.15) is 4.98 Å². The summed E-state index contributed by atoms with van der Waals surface area (Å²) < 4.78 is 4.80. The third-order valence-corrected chi connectivity index (χ3v) is 1.87. The maximum absolute atomic E-state index is 5.82. The van der Waals surface area contributed by atoms with Crippen LogP contribution in [0.4, 0.5) is 5.82 Å². The third kappa shape index (κ3) is 1.39. The van der Waals surface area contributed by atoms with Crippen LogP contribution in [0.2, 0.25) is 5.15 Å². The third-order valence-electron chi connectivity index (χ3n) is 1.58. The Labute approximate surface area is 84.1 Å². The van der Waals surface area contributed by atoms with Crippen molar-refractivity contribution in [3.8, 4) is 11.4 Å². The van der Waals surface area contributed by atoms with Crippen LogP contribution in [0.1, 0.15) is 5.89 Å². The average molecular weight is 212 g/mol. The van der Waals surface area contributed by atoms with Crippen molar-refractivity contribution in [3.05, 3.63) is 17.4 Å². The molecule has 0 saturated heterocycles. The lowest BCUT2D eigenvalue weighted by Crippen LogP contribution is -1.97. The van der Waals surface area contributed by atoms with Gasteiger partial charge in [0.25, 0.3) is 0 Å². The lowest BCUT2D eigenvalue weighted by molar-refractivity contribution is 0.394. The summed E-state index contributed by atoms with van der Waals surface area (Å²) in [5.74, 6) is 0.954. The van der Waals surface area contributed by atoms with E-state index in [1.165, 1.54) is 6.33 Å². The zero-order valence-electron chi connectivity index (χ0n) is 7.23. The number of hydrogen-bond donors (Lipinski definition) is 1. The van der Waals surface area contributed by atoms with Crippen molar-refractivity contribution in [1.82, 2.24) is 20.1 Å². The van der Waals surface area contributed by atoms with Gasteiger partial charge in [-0.3, -0.25) is 0 Å². The quantitative estimate of drug-likeness (QED) is 0.710. The Kier molecular flexibility index (Phi) is 2.05. The van der Waals surface area contributed by atoms with E-state index in [0.29, 0.717) is 17.3 Å². The molecule has 0 aliphatic carbocycles. The molecule has 0 aromatic carbocycles. The minimum absolute atomic E-state index is 0.207. The molecule has 2 aromatic rings. The first kappa shape index (κ1) is 8.89. The van der Waals surface area contributed by atoms with Gasteiger partial charge in [0.05, 0.1) is 0 Å². The molecule has 0 aliphatic heterocycles. The van der Waals surface area contributed by atoms with Crippen molar-refractivity contribution in [2.75, 3.05) is 5.73 Å². The molecule has 0 fully saturated rings. The second kappa shape index (κ2) is 3.22. The number of aromatic nitrogens is 4. The molecule has 0 unspecified atom stereocenters. The van der Waals surface area contributed by atoms with E-state index in [9.17, 15) is 0 Å². The summed E-state index contributed by atoms with van der Waals surface area (Å²) in [4.78, 5) is 11.5. The zero-order valence-corrected chi connectivity index (χ0v) is 7.99. The summed E-state index contributed by atoms with van der Waals surface area (Å²) in [6.45, 7) is 1.67. The maximum atomic E-state index is 5.82. The van der Waals surface area contributed by atoms with Gasteiger partial charge in [-0.15, -0.1) is 0 Å². The Hall–Kier alpha value is -1.69. The first-order valence-corrected chi connectivity index (χ1v) is 4.13. The molecule has 0 saturated carbocycles. The molecule has 2 heterocycles. The summed E-state index contributed by atoms with van der Waals surface area (Å²) in [5, 5.41) is 3.88. The Balaban J connectivity index is 2.61. The molecule has 2 aromatic heterocycles. The fourth-order valence-corrected chi connectivity index (χ4v) is 1.21. The predicted octanol–water partition coefficient (Wildman–Crippen LogP) is 1.07. The highest BCUT2D eigenvalue weighted by Crippen LogP contribution is 2.27. The Morgan fingerprint density at radius 2 is 2.21 bits per heavy atom. The topological polar surface area (TPSA) is 90.7 Å². The molecule has 0 spiro atoms. The van der Waals surface area contributed by atoms with Gasteiger partial charge in [0.1, 0.15) is 22.9 Å². The lowest BCUT2D eigenvalue weighted by Gasteiger charge is -1.99. The van der Waals surface area contributed by atoms with Crippen molar-refractivity contribution in [2.45, 2.75) is 6.92 Å². The molecule has 0 radical (unpaired) electrons. The van der Waals surface area contributed by atoms with Gasteiger partial charge in [0.15, 0.2) is 0 Å². The number of hydrogen-bond acceptors (Lipinski definition) is 6. The van der Waals surface area contributed by atoms with Gasteiger partial charge in [-0.1, -0.05) is 16.8 Å². The predicted molar refractivity (Wildman–Crippen MR) is 49.5 cm³/mol. The van der Waals surface area contributed by atoms with Crippen LogP contribution in [-0.2, 0) is 0 Å². The molecular weight excluding hydrogens is 206 g/mol. The number of rotatable bonds is 1. The molecule has 2 rings (SSSR count). The fraction of sp³-hybridized carbons (Fsp3) is 0.143. The summed E-state index contributed by atoms with van der Waals surface area (Å²) in [5.41, 5.74) is 6.00. The number of aryl methyl sites for hydroxylation is 1. The van der Waals surface area contributed by atoms with E-state index in [-0.39, 0.29) is 11.0 Å². The van der Waals surface area contributed by atoms with Gasteiger partial charge in [0.2, 0.25) is 11.7 Å². The maximum Gasteiger partial charge on any atom is 0.223 e. The van der Waals surface area contributed by atoms with E-state index in [1.807, 2.05) is 0 Å². The average Bonchev–Trinajstić information content (AvgIpc) is 2.51. The number of nitrogens with two attached hydrogens (primary N) is 1.